The number of alkyl halides is 3. The minimum Gasteiger partial charge on any atom is -0.314 e. The summed E-state index contributed by atoms with van der Waals surface area (Å²) >= 11 is 0. The molecule has 0 atom stereocenters. The number of nitrogens with one attached hydrogen (secondary N) is 1. The van der Waals surface area contributed by atoms with E-state index < -0.39 is 12.8 Å². The van der Waals surface area contributed by atoms with Gasteiger partial charge in [0.05, 0.1) is 6.54 Å². The van der Waals surface area contributed by atoms with E-state index in [-0.39, 0.29) is 6.54 Å². The van der Waals surface area contributed by atoms with Gasteiger partial charge in [-0.05, 0) is 12.8 Å². The number of aryl methyl sites for hydroxylation is 1. The smallest absolute Gasteiger partial charge is 0.314 e. The van der Waals surface area contributed by atoms with Gasteiger partial charge in [0, 0.05) is 13.0 Å². The number of aromatic nitrogens is 3. The molecule has 2 heterocycles. The summed E-state index contributed by atoms with van der Waals surface area (Å²) in [6.45, 7) is -0.365. The summed E-state index contributed by atoms with van der Waals surface area (Å²) in [6, 6.07) is 0. The number of hydrogen-bond donors (Lipinski definition) is 1. The molecule has 0 fully saturated rings. The highest BCUT2D eigenvalue weighted by Gasteiger charge is 2.27. The topological polar surface area (TPSA) is 52.0 Å². The molecule has 8 heteroatoms. The Morgan fingerprint density at radius 2 is 2.12 bits per heavy atom. The molecule has 1 aromatic heterocycles. The van der Waals surface area contributed by atoms with Crippen molar-refractivity contribution in [1.82, 2.24) is 20.2 Å². The first-order valence-electron chi connectivity index (χ1n) is 5.38. The minimum atomic E-state index is -4.32. The quantitative estimate of drug-likeness (QED) is 0.644. The third kappa shape index (κ3) is 3.40. The molecule has 0 spiro atoms. The van der Waals surface area contributed by atoms with Crippen molar-refractivity contribution in [2.75, 3.05) is 6.61 Å². The van der Waals surface area contributed by atoms with Crippen LogP contribution in [0, 0.1) is 0 Å². The summed E-state index contributed by atoms with van der Waals surface area (Å²) in [6.07, 6.45) is -1.33. The number of hydroxylamine groups is 1. The van der Waals surface area contributed by atoms with E-state index in [0.717, 1.165) is 31.6 Å². The van der Waals surface area contributed by atoms with Crippen LogP contribution in [0.15, 0.2) is 0 Å². The molecule has 0 radical (unpaired) electrons. The van der Waals surface area contributed by atoms with Gasteiger partial charge in [-0.15, -0.1) is 10.2 Å². The lowest BCUT2D eigenvalue weighted by atomic mass is 10.2. The van der Waals surface area contributed by atoms with Crippen LogP contribution >= 0.6 is 0 Å². The van der Waals surface area contributed by atoms with Crippen molar-refractivity contribution in [2.45, 2.75) is 38.5 Å². The predicted molar refractivity (Wildman–Crippen MR) is 51.8 cm³/mol. The molecule has 0 saturated carbocycles. The van der Waals surface area contributed by atoms with Crippen LogP contribution in [0.5, 0.6) is 0 Å². The molecule has 0 amide bonds. The molecule has 0 aliphatic carbocycles. The Bertz CT molecular complexity index is 377. The van der Waals surface area contributed by atoms with E-state index in [4.69, 9.17) is 0 Å². The van der Waals surface area contributed by atoms with E-state index >= 15 is 0 Å². The van der Waals surface area contributed by atoms with Crippen LogP contribution in [-0.2, 0) is 24.3 Å². The monoisotopic (exact) mass is 250 g/mol. The molecule has 2 rings (SSSR count). The summed E-state index contributed by atoms with van der Waals surface area (Å²) in [5.74, 6) is 1.51. The summed E-state index contributed by atoms with van der Waals surface area (Å²) < 4.78 is 37.3. The van der Waals surface area contributed by atoms with E-state index in [1.54, 1.807) is 0 Å². The maximum atomic E-state index is 11.8. The van der Waals surface area contributed by atoms with Crippen LogP contribution in [-0.4, -0.2) is 27.5 Å². The van der Waals surface area contributed by atoms with Gasteiger partial charge >= 0.3 is 6.18 Å². The van der Waals surface area contributed by atoms with Crippen molar-refractivity contribution in [3.63, 3.8) is 0 Å². The first kappa shape index (κ1) is 12.3. The summed E-state index contributed by atoms with van der Waals surface area (Å²) in [5, 5.41) is 7.90. The van der Waals surface area contributed by atoms with Gasteiger partial charge in [0.15, 0.2) is 6.61 Å². The standard InChI is InChI=1S/C9H13F3N4O/c10-9(11,12)6-17-13-5-8-15-14-7-3-1-2-4-16(7)8/h13H,1-6H2. The van der Waals surface area contributed by atoms with Gasteiger partial charge in [-0.3, -0.25) is 4.84 Å². The Morgan fingerprint density at radius 3 is 2.88 bits per heavy atom. The van der Waals surface area contributed by atoms with Crippen LogP contribution in [0.25, 0.3) is 0 Å². The lowest BCUT2D eigenvalue weighted by Crippen LogP contribution is -2.26. The van der Waals surface area contributed by atoms with Gasteiger partial charge in [-0.25, -0.2) is 0 Å². The zero-order valence-corrected chi connectivity index (χ0v) is 9.13. The fourth-order valence-electron chi connectivity index (χ4n) is 1.75. The maximum Gasteiger partial charge on any atom is 0.413 e. The van der Waals surface area contributed by atoms with Gasteiger partial charge < -0.3 is 4.57 Å². The molecule has 0 bridgehead atoms. The van der Waals surface area contributed by atoms with Crippen molar-refractivity contribution >= 4 is 0 Å². The van der Waals surface area contributed by atoms with E-state index in [1.165, 1.54) is 0 Å². The molecular weight excluding hydrogens is 237 g/mol. The summed E-state index contributed by atoms with van der Waals surface area (Å²) in [4.78, 5) is 4.31. The third-order valence-corrected chi connectivity index (χ3v) is 2.50. The zero-order valence-electron chi connectivity index (χ0n) is 9.13. The van der Waals surface area contributed by atoms with Crippen LogP contribution < -0.4 is 5.48 Å². The molecule has 0 saturated heterocycles. The normalized spacial score (nSPS) is 15.9. The zero-order chi connectivity index (χ0) is 12.3. The van der Waals surface area contributed by atoms with Crippen molar-refractivity contribution in [3.05, 3.63) is 11.6 Å². The largest absolute Gasteiger partial charge is 0.413 e. The van der Waals surface area contributed by atoms with Crippen LogP contribution in [0.1, 0.15) is 24.5 Å². The lowest BCUT2D eigenvalue weighted by Gasteiger charge is -2.15. The molecule has 1 aliphatic heterocycles. The lowest BCUT2D eigenvalue weighted by molar-refractivity contribution is -0.190. The molecule has 5 nitrogen and oxygen atoms in total. The van der Waals surface area contributed by atoms with Gasteiger partial charge in [0.2, 0.25) is 0 Å². The van der Waals surface area contributed by atoms with Crippen molar-refractivity contribution < 1.29 is 18.0 Å². The highest BCUT2D eigenvalue weighted by atomic mass is 19.4. The summed E-state index contributed by atoms with van der Waals surface area (Å²) in [7, 11) is 0. The third-order valence-electron chi connectivity index (χ3n) is 2.50. The number of hydrogen-bond acceptors (Lipinski definition) is 4. The maximum absolute atomic E-state index is 11.8. The minimum absolute atomic E-state index is 0.128. The first-order chi connectivity index (χ1) is 8.06. The van der Waals surface area contributed by atoms with E-state index in [9.17, 15) is 13.2 Å². The van der Waals surface area contributed by atoms with Crippen molar-refractivity contribution in [3.8, 4) is 0 Å². The van der Waals surface area contributed by atoms with Crippen molar-refractivity contribution in [2.24, 2.45) is 0 Å². The van der Waals surface area contributed by atoms with Gasteiger partial charge in [0.25, 0.3) is 0 Å². The number of halogens is 3. The molecular formula is C9H13F3N4O. The first-order valence-corrected chi connectivity index (χ1v) is 5.38. The molecule has 0 aromatic carbocycles. The van der Waals surface area contributed by atoms with Gasteiger partial charge in [0.1, 0.15) is 11.6 Å². The Balaban J connectivity index is 1.81. The second-order valence-electron chi connectivity index (χ2n) is 3.87. The molecule has 1 aromatic rings. The van der Waals surface area contributed by atoms with E-state index in [1.807, 2.05) is 4.57 Å². The number of nitrogens with zero attached hydrogens (tertiary/aromatic N) is 3. The Morgan fingerprint density at radius 1 is 1.29 bits per heavy atom. The molecule has 1 N–H and O–H groups in total. The number of rotatable bonds is 4. The Kier molecular flexibility index (Phi) is 3.63. The van der Waals surface area contributed by atoms with Crippen LogP contribution in [0.2, 0.25) is 0 Å². The fraction of sp³-hybridized carbons (Fsp3) is 0.778. The average molecular weight is 250 g/mol. The second kappa shape index (κ2) is 5.01. The van der Waals surface area contributed by atoms with Crippen molar-refractivity contribution in [1.29, 1.82) is 0 Å². The Hall–Kier alpha value is -1.15. The SMILES string of the molecule is FC(F)(F)CONCc1nnc2n1CCCC2. The molecule has 1 aliphatic rings. The van der Waals surface area contributed by atoms with Gasteiger partial charge in [-0.1, -0.05) is 0 Å². The van der Waals surface area contributed by atoms with Crippen LogP contribution in [0.4, 0.5) is 13.2 Å². The highest BCUT2D eigenvalue weighted by Crippen LogP contribution is 2.15. The molecule has 17 heavy (non-hydrogen) atoms. The highest BCUT2D eigenvalue weighted by molar-refractivity contribution is 4.98. The molecule has 96 valence electrons. The second-order valence-corrected chi connectivity index (χ2v) is 3.87. The van der Waals surface area contributed by atoms with E-state index in [2.05, 4.69) is 20.5 Å². The predicted octanol–water partition coefficient (Wildman–Crippen LogP) is 1.20. The fourth-order valence-corrected chi connectivity index (χ4v) is 1.75. The van der Waals surface area contributed by atoms with Gasteiger partial charge in [-0.2, -0.15) is 18.7 Å². The van der Waals surface area contributed by atoms with Crippen LogP contribution in [0.3, 0.4) is 0 Å². The summed E-state index contributed by atoms with van der Waals surface area (Å²) in [5.41, 5.74) is 2.25. The average Bonchev–Trinajstić information content (AvgIpc) is 2.67. The number of fused-ring (bicyclic) bond motifs is 1. The Labute approximate surface area is 95.9 Å². The molecule has 0 unspecified atom stereocenters. The van der Waals surface area contributed by atoms with E-state index in [0.29, 0.717) is 5.82 Å².